The van der Waals surface area contributed by atoms with Crippen molar-refractivity contribution >= 4 is 0 Å². The van der Waals surface area contributed by atoms with Gasteiger partial charge in [0.25, 0.3) is 0 Å². The van der Waals surface area contributed by atoms with Gasteiger partial charge < -0.3 is 4.74 Å². The molecule has 0 aliphatic carbocycles. The largest absolute Gasteiger partial charge is 0.393 e. The molecule has 0 atom stereocenters. The second-order valence-electron chi connectivity index (χ2n) is 4.39. The molecule has 96 valence electrons. The van der Waals surface area contributed by atoms with Gasteiger partial charge in [0.15, 0.2) is 0 Å². The lowest BCUT2D eigenvalue weighted by molar-refractivity contribution is -0.127. The summed E-state index contributed by atoms with van der Waals surface area (Å²) < 4.78 is 42.9. The van der Waals surface area contributed by atoms with E-state index in [1.807, 2.05) is 6.92 Å². The number of ether oxygens (including phenoxy) is 1. The molecule has 0 fully saturated rings. The molecule has 0 N–H and O–H groups in total. The lowest BCUT2D eigenvalue weighted by atomic mass is 9.91. The molecule has 1 rings (SSSR count). The van der Waals surface area contributed by atoms with Gasteiger partial charge >= 0.3 is 6.18 Å². The average molecular weight is 246 g/mol. The van der Waals surface area contributed by atoms with Crippen LogP contribution in [0.25, 0.3) is 0 Å². The van der Waals surface area contributed by atoms with Crippen LogP contribution in [0.5, 0.6) is 0 Å². The molecule has 0 unspecified atom stereocenters. The lowest BCUT2D eigenvalue weighted by Gasteiger charge is -2.28. The van der Waals surface area contributed by atoms with E-state index in [0.717, 1.165) is 0 Å². The molecule has 0 aliphatic rings. The van der Waals surface area contributed by atoms with Crippen LogP contribution in [-0.4, -0.2) is 12.8 Å². The predicted octanol–water partition coefficient (Wildman–Crippen LogP) is 4.06. The second-order valence-corrected chi connectivity index (χ2v) is 4.39. The second kappa shape index (κ2) is 5.08. The van der Waals surface area contributed by atoms with Crippen molar-refractivity contribution in [1.82, 2.24) is 0 Å². The molecule has 1 aromatic rings. The van der Waals surface area contributed by atoms with Crippen LogP contribution < -0.4 is 0 Å². The Bertz CT molecular complexity index is 369. The van der Waals surface area contributed by atoms with Crippen molar-refractivity contribution in [3.05, 3.63) is 35.4 Å². The first-order valence-electron chi connectivity index (χ1n) is 5.55. The minimum absolute atomic E-state index is 0.276. The highest BCUT2D eigenvalue weighted by Gasteiger charge is 2.32. The molecule has 0 spiro atoms. The fraction of sp³-hybridized carbons (Fsp3) is 0.538. The summed E-state index contributed by atoms with van der Waals surface area (Å²) in [5.41, 5.74) is 0.175. The predicted molar refractivity (Wildman–Crippen MR) is 60.9 cm³/mol. The Morgan fingerprint density at radius 1 is 1.12 bits per heavy atom. The summed E-state index contributed by atoms with van der Waals surface area (Å²) in [5.74, 6) is 0. The van der Waals surface area contributed by atoms with E-state index in [1.165, 1.54) is 6.07 Å². The SMILES string of the molecule is CCOC(C)(C)c1ccccc1CC(F)(F)F. The minimum Gasteiger partial charge on any atom is -0.371 e. The smallest absolute Gasteiger partial charge is 0.371 e. The summed E-state index contributed by atoms with van der Waals surface area (Å²) in [6, 6.07) is 6.54. The standard InChI is InChI=1S/C13H17F3O/c1-4-17-12(2,3)11-8-6-5-7-10(11)9-13(14,15)16/h5-8H,4,9H2,1-3H3. The van der Waals surface area contributed by atoms with Crippen LogP contribution in [0.2, 0.25) is 0 Å². The summed E-state index contributed by atoms with van der Waals surface area (Å²) >= 11 is 0. The molecule has 0 bridgehead atoms. The molecule has 0 aliphatic heterocycles. The maximum absolute atomic E-state index is 12.5. The van der Waals surface area contributed by atoms with Crippen LogP contribution in [0.4, 0.5) is 13.2 Å². The normalized spacial score (nSPS) is 12.8. The van der Waals surface area contributed by atoms with E-state index in [-0.39, 0.29) is 5.56 Å². The van der Waals surface area contributed by atoms with Crippen molar-refractivity contribution in [2.24, 2.45) is 0 Å². The van der Waals surface area contributed by atoms with Gasteiger partial charge in [0.1, 0.15) is 0 Å². The van der Waals surface area contributed by atoms with Crippen LogP contribution in [0.3, 0.4) is 0 Å². The van der Waals surface area contributed by atoms with E-state index in [0.29, 0.717) is 12.2 Å². The lowest BCUT2D eigenvalue weighted by Crippen LogP contribution is -2.25. The number of alkyl halides is 3. The summed E-state index contributed by atoms with van der Waals surface area (Å²) in [6.07, 6.45) is -5.11. The molecule has 1 nitrogen and oxygen atoms in total. The van der Waals surface area contributed by atoms with Crippen molar-refractivity contribution in [2.45, 2.75) is 39.0 Å². The molecule has 0 heterocycles. The van der Waals surface area contributed by atoms with Gasteiger partial charge in [-0.05, 0) is 31.9 Å². The molecule has 0 amide bonds. The van der Waals surface area contributed by atoms with E-state index in [9.17, 15) is 13.2 Å². The fourth-order valence-corrected chi connectivity index (χ4v) is 1.92. The van der Waals surface area contributed by atoms with Gasteiger partial charge in [-0.15, -0.1) is 0 Å². The zero-order chi connectivity index (χ0) is 13.1. The Hall–Kier alpha value is -1.03. The van der Waals surface area contributed by atoms with Crippen molar-refractivity contribution < 1.29 is 17.9 Å². The van der Waals surface area contributed by atoms with E-state index in [4.69, 9.17) is 4.74 Å². The summed E-state index contributed by atoms with van der Waals surface area (Å²) in [7, 11) is 0. The van der Waals surface area contributed by atoms with Crippen LogP contribution in [-0.2, 0) is 16.8 Å². The van der Waals surface area contributed by atoms with Gasteiger partial charge in [0.05, 0.1) is 12.0 Å². The maximum atomic E-state index is 12.5. The molecular formula is C13H17F3O. The van der Waals surface area contributed by atoms with Crippen molar-refractivity contribution in [3.8, 4) is 0 Å². The zero-order valence-corrected chi connectivity index (χ0v) is 10.3. The quantitative estimate of drug-likeness (QED) is 0.778. The van der Waals surface area contributed by atoms with E-state index < -0.39 is 18.2 Å². The Morgan fingerprint density at radius 2 is 1.71 bits per heavy atom. The highest BCUT2D eigenvalue weighted by molar-refractivity contribution is 5.32. The Labute approximate surface area is 99.6 Å². The molecule has 0 saturated carbocycles. The van der Waals surface area contributed by atoms with E-state index >= 15 is 0 Å². The minimum atomic E-state index is -4.20. The molecule has 17 heavy (non-hydrogen) atoms. The highest BCUT2D eigenvalue weighted by atomic mass is 19.4. The number of hydrogen-bond donors (Lipinski definition) is 0. The zero-order valence-electron chi connectivity index (χ0n) is 10.3. The van der Waals surface area contributed by atoms with Gasteiger partial charge in [-0.1, -0.05) is 24.3 Å². The van der Waals surface area contributed by atoms with E-state index in [2.05, 4.69) is 0 Å². The van der Waals surface area contributed by atoms with Crippen LogP contribution in [0.15, 0.2) is 24.3 Å². The third-order valence-corrected chi connectivity index (χ3v) is 2.56. The van der Waals surface area contributed by atoms with Gasteiger partial charge in [-0.25, -0.2) is 0 Å². The Balaban J connectivity index is 3.07. The van der Waals surface area contributed by atoms with Gasteiger partial charge in [-0.3, -0.25) is 0 Å². The first kappa shape index (κ1) is 14.0. The third-order valence-electron chi connectivity index (χ3n) is 2.56. The summed E-state index contributed by atoms with van der Waals surface area (Å²) in [5, 5.41) is 0. The molecular weight excluding hydrogens is 229 g/mol. The molecule has 0 saturated heterocycles. The third kappa shape index (κ3) is 4.04. The fourth-order valence-electron chi connectivity index (χ4n) is 1.92. The van der Waals surface area contributed by atoms with Crippen molar-refractivity contribution in [2.75, 3.05) is 6.61 Å². The highest BCUT2D eigenvalue weighted by Crippen LogP contribution is 2.31. The monoisotopic (exact) mass is 246 g/mol. The summed E-state index contributed by atoms with van der Waals surface area (Å²) in [4.78, 5) is 0. The number of halogens is 3. The number of rotatable bonds is 4. The Morgan fingerprint density at radius 3 is 2.24 bits per heavy atom. The van der Waals surface area contributed by atoms with E-state index in [1.54, 1.807) is 32.0 Å². The van der Waals surface area contributed by atoms with Gasteiger partial charge in [-0.2, -0.15) is 13.2 Å². The Kier molecular flexibility index (Phi) is 4.20. The molecule has 0 aromatic heterocycles. The number of benzene rings is 1. The molecule has 0 radical (unpaired) electrons. The molecule has 1 aromatic carbocycles. The molecule has 4 heteroatoms. The topological polar surface area (TPSA) is 9.23 Å². The average Bonchev–Trinajstić information content (AvgIpc) is 2.15. The van der Waals surface area contributed by atoms with Crippen molar-refractivity contribution in [1.29, 1.82) is 0 Å². The van der Waals surface area contributed by atoms with Gasteiger partial charge in [0.2, 0.25) is 0 Å². The number of hydrogen-bond acceptors (Lipinski definition) is 1. The first-order valence-corrected chi connectivity index (χ1v) is 5.55. The first-order chi connectivity index (χ1) is 7.76. The van der Waals surface area contributed by atoms with Crippen LogP contribution in [0.1, 0.15) is 31.9 Å². The maximum Gasteiger partial charge on any atom is 0.393 e. The van der Waals surface area contributed by atoms with Crippen LogP contribution >= 0.6 is 0 Å². The van der Waals surface area contributed by atoms with Crippen LogP contribution in [0, 0.1) is 0 Å². The van der Waals surface area contributed by atoms with Crippen molar-refractivity contribution in [3.63, 3.8) is 0 Å². The summed E-state index contributed by atoms with van der Waals surface area (Å²) in [6.45, 7) is 5.86. The van der Waals surface area contributed by atoms with Gasteiger partial charge in [0, 0.05) is 6.61 Å².